The Labute approximate surface area is 137 Å². The van der Waals surface area contributed by atoms with Gasteiger partial charge in [-0.15, -0.1) is 0 Å². The Balaban J connectivity index is 2.02. The summed E-state index contributed by atoms with van der Waals surface area (Å²) in [6.45, 7) is 1.12. The second-order valence-electron chi connectivity index (χ2n) is 4.90. The highest BCUT2D eigenvalue weighted by molar-refractivity contribution is 5.42. The van der Waals surface area contributed by atoms with Gasteiger partial charge in [-0.2, -0.15) is 0 Å². The van der Waals surface area contributed by atoms with Crippen LogP contribution >= 0.6 is 0 Å². The first-order valence-electron chi connectivity index (χ1n) is 7.27. The number of nitrogens with zero attached hydrogens (tertiary/aromatic N) is 1. The van der Waals surface area contributed by atoms with Crippen molar-refractivity contribution in [3.8, 4) is 23.0 Å². The van der Waals surface area contributed by atoms with E-state index in [0.29, 0.717) is 13.1 Å². The van der Waals surface area contributed by atoms with Crippen molar-refractivity contribution in [3.63, 3.8) is 0 Å². The summed E-state index contributed by atoms with van der Waals surface area (Å²) >= 11 is 0. The number of benzene rings is 2. The van der Waals surface area contributed by atoms with Gasteiger partial charge in [0.15, 0.2) is 0 Å². The monoisotopic (exact) mass is 316 g/mol. The van der Waals surface area contributed by atoms with Crippen molar-refractivity contribution in [3.05, 3.63) is 47.5 Å². The summed E-state index contributed by atoms with van der Waals surface area (Å²) in [6, 6.07) is 11.5. The maximum absolute atomic E-state index is 5.38. The standard InChI is InChI=1S/C18H22NO4/c1-20-15-7-5-13(17(9-15)22-3)11-19-12-14-6-8-16(21-2)10-18(14)23-4/h5-10H,11-12H2,1-4H3. The van der Waals surface area contributed by atoms with Crippen LogP contribution in [0.2, 0.25) is 0 Å². The molecule has 23 heavy (non-hydrogen) atoms. The molecule has 0 heterocycles. The summed E-state index contributed by atoms with van der Waals surface area (Å²) in [5, 5.41) is 4.60. The molecule has 2 aromatic rings. The highest BCUT2D eigenvalue weighted by Gasteiger charge is 2.08. The fourth-order valence-corrected chi connectivity index (χ4v) is 2.26. The maximum Gasteiger partial charge on any atom is 0.127 e. The first-order valence-corrected chi connectivity index (χ1v) is 7.27. The first kappa shape index (κ1) is 17.0. The third-order valence-corrected chi connectivity index (χ3v) is 3.55. The first-order chi connectivity index (χ1) is 11.2. The van der Waals surface area contributed by atoms with E-state index < -0.39 is 0 Å². The third kappa shape index (κ3) is 4.29. The average Bonchev–Trinajstić information content (AvgIpc) is 2.61. The molecule has 0 aliphatic heterocycles. The van der Waals surface area contributed by atoms with Crippen LogP contribution in [0.4, 0.5) is 0 Å². The van der Waals surface area contributed by atoms with Crippen molar-refractivity contribution < 1.29 is 18.9 Å². The largest absolute Gasteiger partial charge is 0.497 e. The van der Waals surface area contributed by atoms with E-state index in [0.717, 1.165) is 34.1 Å². The van der Waals surface area contributed by atoms with Gasteiger partial charge >= 0.3 is 0 Å². The molecule has 0 atom stereocenters. The van der Waals surface area contributed by atoms with E-state index >= 15 is 0 Å². The lowest BCUT2D eigenvalue weighted by Crippen LogP contribution is -2.07. The zero-order valence-corrected chi connectivity index (χ0v) is 14.0. The van der Waals surface area contributed by atoms with Gasteiger partial charge in [-0.25, -0.2) is 5.32 Å². The Bertz CT molecular complexity index is 587. The fourth-order valence-electron chi connectivity index (χ4n) is 2.26. The minimum Gasteiger partial charge on any atom is -0.497 e. The SMILES string of the molecule is COc1ccc(C[N]Cc2ccc(OC)cc2OC)c(OC)c1. The van der Waals surface area contributed by atoms with Crippen LogP contribution in [0.15, 0.2) is 36.4 Å². The molecule has 0 amide bonds. The van der Waals surface area contributed by atoms with Gasteiger partial charge in [0.05, 0.1) is 28.4 Å². The highest BCUT2D eigenvalue weighted by atomic mass is 16.5. The molecule has 0 bridgehead atoms. The predicted octanol–water partition coefficient (Wildman–Crippen LogP) is 3.03. The van der Waals surface area contributed by atoms with E-state index in [1.165, 1.54) is 0 Å². The van der Waals surface area contributed by atoms with Crippen LogP contribution in [0.25, 0.3) is 0 Å². The van der Waals surface area contributed by atoms with Gasteiger partial charge in [0.2, 0.25) is 0 Å². The second-order valence-corrected chi connectivity index (χ2v) is 4.90. The molecule has 0 saturated carbocycles. The summed E-state index contributed by atoms with van der Waals surface area (Å²) in [6.07, 6.45) is 0. The molecule has 0 saturated heterocycles. The molecule has 5 heteroatoms. The van der Waals surface area contributed by atoms with Gasteiger partial charge in [0, 0.05) is 36.3 Å². The van der Waals surface area contributed by atoms with Crippen LogP contribution in [-0.4, -0.2) is 28.4 Å². The zero-order valence-electron chi connectivity index (χ0n) is 14.0. The van der Waals surface area contributed by atoms with Gasteiger partial charge < -0.3 is 18.9 Å². The molecule has 0 spiro atoms. The van der Waals surface area contributed by atoms with Gasteiger partial charge in [0.1, 0.15) is 23.0 Å². The summed E-state index contributed by atoms with van der Waals surface area (Å²) in [4.78, 5) is 0. The maximum atomic E-state index is 5.38. The van der Waals surface area contributed by atoms with Crippen molar-refractivity contribution in [1.29, 1.82) is 0 Å². The fraction of sp³-hybridized carbons (Fsp3) is 0.333. The van der Waals surface area contributed by atoms with Crippen molar-refractivity contribution in [2.24, 2.45) is 0 Å². The molecule has 0 fully saturated rings. The number of hydrogen-bond donors (Lipinski definition) is 0. The molecule has 1 radical (unpaired) electrons. The topological polar surface area (TPSA) is 51.0 Å². The van der Waals surface area contributed by atoms with E-state index in [-0.39, 0.29) is 0 Å². The quantitative estimate of drug-likeness (QED) is 0.751. The Morgan fingerprint density at radius 1 is 0.652 bits per heavy atom. The van der Waals surface area contributed by atoms with E-state index in [4.69, 9.17) is 18.9 Å². The number of hydrogen-bond acceptors (Lipinski definition) is 4. The van der Waals surface area contributed by atoms with Crippen LogP contribution in [0.3, 0.4) is 0 Å². The van der Waals surface area contributed by atoms with Crippen LogP contribution in [0.5, 0.6) is 23.0 Å². The van der Waals surface area contributed by atoms with Crippen molar-refractivity contribution >= 4 is 0 Å². The molecule has 0 aromatic heterocycles. The van der Waals surface area contributed by atoms with Crippen LogP contribution in [-0.2, 0) is 13.1 Å². The Morgan fingerprint density at radius 3 is 1.43 bits per heavy atom. The molecule has 0 aliphatic rings. The smallest absolute Gasteiger partial charge is 0.127 e. The minimum absolute atomic E-state index is 0.558. The molecule has 0 unspecified atom stereocenters. The van der Waals surface area contributed by atoms with E-state index in [1.54, 1.807) is 28.4 Å². The third-order valence-electron chi connectivity index (χ3n) is 3.55. The van der Waals surface area contributed by atoms with Gasteiger partial charge in [-0.3, -0.25) is 0 Å². The van der Waals surface area contributed by atoms with Crippen LogP contribution in [0, 0.1) is 0 Å². The Hall–Kier alpha value is -2.40. The lowest BCUT2D eigenvalue weighted by molar-refractivity contribution is 0.387. The van der Waals surface area contributed by atoms with Gasteiger partial charge in [-0.05, 0) is 12.1 Å². The number of methoxy groups -OCH3 is 4. The summed E-state index contributed by atoms with van der Waals surface area (Å²) in [5.41, 5.74) is 2.03. The molecule has 2 rings (SSSR count). The summed E-state index contributed by atoms with van der Waals surface area (Å²) in [7, 11) is 6.55. The van der Waals surface area contributed by atoms with E-state index in [2.05, 4.69) is 5.32 Å². The molecule has 0 N–H and O–H groups in total. The van der Waals surface area contributed by atoms with Crippen LogP contribution < -0.4 is 24.3 Å². The molecular formula is C18H22NO4. The van der Waals surface area contributed by atoms with Crippen molar-refractivity contribution in [1.82, 2.24) is 5.32 Å². The predicted molar refractivity (Wildman–Crippen MR) is 88.6 cm³/mol. The molecule has 5 nitrogen and oxygen atoms in total. The van der Waals surface area contributed by atoms with E-state index in [1.807, 2.05) is 36.4 Å². The number of ether oxygens (including phenoxy) is 4. The highest BCUT2D eigenvalue weighted by Crippen LogP contribution is 2.26. The zero-order chi connectivity index (χ0) is 16.7. The van der Waals surface area contributed by atoms with Crippen molar-refractivity contribution in [2.45, 2.75) is 13.1 Å². The average molecular weight is 316 g/mol. The normalized spacial score (nSPS) is 10.3. The Morgan fingerprint density at radius 2 is 1.09 bits per heavy atom. The van der Waals surface area contributed by atoms with Crippen molar-refractivity contribution in [2.75, 3.05) is 28.4 Å². The Kier molecular flexibility index (Phi) is 6.11. The lowest BCUT2D eigenvalue weighted by atomic mass is 10.1. The van der Waals surface area contributed by atoms with Crippen LogP contribution in [0.1, 0.15) is 11.1 Å². The summed E-state index contributed by atoms with van der Waals surface area (Å²) in [5.74, 6) is 3.08. The molecular weight excluding hydrogens is 294 g/mol. The summed E-state index contributed by atoms with van der Waals surface area (Å²) < 4.78 is 21.2. The molecule has 2 aromatic carbocycles. The second kappa shape index (κ2) is 8.29. The van der Waals surface area contributed by atoms with Gasteiger partial charge in [-0.1, -0.05) is 12.1 Å². The number of rotatable bonds is 8. The lowest BCUT2D eigenvalue weighted by Gasteiger charge is -2.12. The minimum atomic E-state index is 0.558. The van der Waals surface area contributed by atoms with Gasteiger partial charge in [0.25, 0.3) is 0 Å². The van der Waals surface area contributed by atoms with E-state index in [9.17, 15) is 0 Å². The molecule has 0 aliphatic carbocycles. The molecule has 123 valence electrons.